The Morgan fingerprint density at radius 1 is 1.44 bits per heavy atom. The molecule has 100 valence electrons. The molecule has 18 heavy (non-hydrogen) atoms. The van der Waals surface area contributed by atoms with Gasteiger partial charge in [0.15, 0.2) is 0 Å². The fraction of sp³-hybridized carbons (Fsp3) is 0.571. The van der Waals surface area contributed by atoms with Gasteiger partial charge in [-0.15, -0.1) is 0 Å². The molecule has 0 aromatic heterocycles. The van der Waals surface area contributed by atoms with Crippen molar-refractivity contribution in [2.75, 3.05) is 0 Å². The Balaban J connectivity index is 2.24. The number of hydrazine groups is 1. The number of hydrogen-bond donors (Lipinski definition) is 2. The van der Waals surface area contributed by atoms with Crippen molar-refractivity contribution in [3.8, 4) is 0 Å². The van der Waals surface area contributed by atoms with E-state index in [9.17, 15) is 0 Å². The molecule has 0 spiro atoms. The maximum atomic E-state index is 6.10. The fourth-order valence-corrected chi connectivity index (χ4v) is 3.69. The van der Waals surface area contributed by atoms with E-state index >= 15 is 0 Å². The highest BCUT2D eigenvalue weighted by atomic mass is 79.9. The lowest BCUT2D eigenvalue weighted by atomic mass is 9.77. The van der Waals surface area contributed by atoms with Gasteiger partial charge in [-0.1, -0.05) is 47.3 Å². The lowest BCUT2D eigenvalue weighted by Gasteiger charge is -2.33. The number of rotatable bonds is 3. The molecule has 4 heteroatoms. The summed E-state index contributed by atoms with van der Waals surface area (Å²) in [4.78, 5) is 0. The molecule has 1 saturated carbocycles. The molecule has 0 amide bonds. The summed E-state index contributed by atoms with van der Waals surface area (Å²) in [5.41, 5.74) is 4.16. The SMILES string of the molecule is CC1CCCC(C(NN)c2cc(Cl)ccc2Br)C1. The lowest BCUT2D eigenvalue weighted by Crippen LogP contribution is -2.35. The van der Waals surface area contributed by atoms with Crippen LogP contribution in [0.2, 0.25) is 5.02 Å². The van der Waals surface area contributed by atoms with E-state index in [2.05, 4.69) is 28.3 Å². The molecule has 1 aromatic rings. The minimum absolute atomic E-state index is 0.181. The summed E-state index contributed by atoms with van der Waals surface area (Å²) in [5, 5.41) is 0.761. The molecule has 1 aliphatic rings. The van der Waals surface area contributed by atoms with Gasteiger partial charge in [0.05, 0.1) is 0 Å². The second-order valence-electron chi connectivity index (χ2n) is 5.34. The van der Waals surface area contributed by atoms with E-state index in [1.54, 1.807) is 0 Å². The molecule has 3 atom stereocenters. The Labute approximate surface area is 122 Å². The predicted octanol–water partition coefficient (Wildman–Crippen LogP) is 4.43. The Bertz CT molecular complexity index is 411. The van der Waals surface area contributed by atoms with Crippen LogP contribution in [0.15, 0.2) is 22.7 Å². The Kier molecular flexibility index (Phi) is 5.07. The highest BCUT2D eigenvalue weighted by Crippen LogP contribution is 2.39. The smallest absolute Gasteiger partial charge is 0.0499 e. The quantitative estimate of drug-likeness (QED) is 0.635. The Hall–Kier alpha value is -0.0900. The van der Waals surface area contributed by atoms with Crippen LogP contribution in [0.5, 0.6) is 0 Å². The zero-order chi connectivity index (χ0) is 13.1. The zero-order valence-corrected chi connectivity index (χ0v) is 13.0. The second-order valence-corrected chi connectivity index (χ2v) is 6.63. The van der Waals surface area contributed by atoms with Gasteiger partial charge in [0.25, 0.3) is 0 Å². The molecule has 0 radical (unpaired) electrons. The molecule has 1 aliphatic carbocycles. The van der Waals surface area contributed by atoms with E-state index in [1.165, 1.54) is 31.2 Å². The molecule has 3 unspecified atom stereocenters. The number of benzene rings is 1. The van der Waals surface area contributed by atoms with Crippen LogP contribution in [0, 0.1) is 11.8 Å². The van der Waals surface area contributed by atoms with E-state index in [0.717, 1.165) is 15.4 Å². The molecule has 1 fully saturated rings. The van der Waals surface area contributed by atoms with E-state index in [0.29, 0.717) is 5.92 Å². The molecular weight excluding hydrogens is 312 g/mol. The normalized spacial score (nSPS) is 26.0. The van der Waals surface area contributed by atoms with Crippen molar-refractivity contribution in [1.29, 1.82) is 0 Å². The summed E-state index contributed by atoms with van der Waals surface area (Å²) in [7, 11) is 0. The van der Waals surface area contributed by atoms with Gasteiger partial charge in [-0.2, -0.15) is 0 Å². The first kappa shape index (κ1) is 14.3. The van der Waals surface area contributed by atoms with Crippen LogP contribution in [0.25, 0.3) is 0 Å². The van der Waals surface area contributed by atoms with Gasteiger partial charge in [0, 0.05) is 15.5 Å². The molecule has 0 aliphatic heterocycles. The molecular formula is C14H20BrClN2. The van der Waals surface area contributed by atoms with Crippen molar-refractivity contribution in [1.82, 2.24) is 5.43 Å². The van der Waals surface area contributed by atoms with Crippen LogP contribution in [0.3, 0.4) is 0 Å². The Morgan fingerprint density at radius 2 is 2.22 bits per heavy atom. The summed E-state index contributed by atoms with van der Waals surface area (Å²) >= 11 is 9.70. The van der Waals surface area contributed by atoms with Crippen LogP contribution in [-0.2, 0) is 0 Å². The van der Waals surface area contributed by atoms with Crippen molar-refractivity contribution >= 4 is 27.5 Å². The van der Waals surface area contributed by atoms with Crippen LogP contribution < -0.4 is 11.3 Å². The molecule has 2 rings (SSSR count). The molecule has 3 N–H and O–H groups in total. The van der Waals surface area contributed by atoms with Crippen LogP contribution >= 0.6 is 27.5 Å². The maximum Gasteiger partial charge on any atom is 0.0499 e. The van der Waals surface area contributed by atoms with Crippen molar-refractivity contribution in [2.24, 2.45) is 17.7 Å². The highest BCUT2D eigenvalue weighted by Gasteiger charge is 2.28. The molecule has 1 aromatic carbocycles. The topological polar surface area (TPSA) is 38.0 Å². The predicted molar refractivity (Wildman–Crippen MR) is 80.3 cm³/mol. The van der Waals surface area contributed by atoms with Crippen LogP contribution in [-0.4, -0.2) is 0 Å². The summed E-state index contributed by atoms with van der Waals surface area (Å²) < 4.78 is 1.08. The summed E-state index contributed by atoms with van der Waals surface area (Å²) in [6.07, 6.45) is 5.10. The van der Waals surface area contributed by atoms with Crippen molar-refractivity contribution in [3.05, 3.63) is 33.3 Å². The van der Waals surface area contributed by atoms with Crippen LogP contribution in [0.4, 0.5) is 0 Å². The van der Waals surface area contributed by atoms with Crippen LogP contribution in [0.1, 0.15) is 44.2 Å². The first-order valence-electron chi connectivity index (χ1n) is 6.53. The Morgan fingerprint density at radius 3 is 2.89 bits per heavy atom. The van der Waals surface area contributed by atoms with E-state index < -0.39 is 0 Å². The third-order valence-corrected chi connectivity index (χ3v) is 4.88. The minimum atomic E-state index is 0.181. The van der Waals surface area contributed by atoms with E-state index in [1.807, 2.05) is 18.2 Å². The summed E-state index contributed by atoms with van der Waals surface area (Å²) in [6, 6.07) is 6.08. The summed E-state index contributed by atoms with van der Waals surface area (Å²) in [5.74, 6) is 7.17. The van der Waals surface area contributed by atoms with Gasteiger partial charge in [0.2, 0.25) is 0 Å². The van der Waals surface area contributed by atoms with Crippen molar-refractivity contribution in [2.45, 2.75) is 38.6 Å². The highest BCUT2D eigenvalue weighted by molar-refractivity contribution is 9.10. The number of nitrogens with one attached hydrogen (secondary N) is 1. The standard InChI is InChI=1S/C14H20BrClN2/c1-9-3-2-4-10(7-9)14(18-17)12-8-11(16)5-6-13(12)15/h5-6,8-10,14,18H,2-4,7,17H2,1H3. The lowest BCUT2D eigenvalue weighted by molar-refractivity contribution is 0.224. The van der Waals surface area contributed by atoms with Gasteiger partial charge >= 0.3 is 0 Å². The summed E-state index contributed by atoms with van der Waals surface area (Å²) in [6.45, 7) is 2.33. The van der Waals surface area contributed by atoms with E-state index in [4.69, 9.17) is 17.4 Å². The number of hydrogen-bond acceptors (Lipinski definition) is 2. The first-order valence-corrected chi connectivity index (χ1v) is 7.70. The third kappa shape index (κ3) is 3.27. The monoisotopic (exact) mass is 330 g/mol. The average molecular weight is 332 g/mol. The largest absolute Gasteiger partial charge is 0.271 e. The van der Waals surface area contributed by atoms with Gasteiger partial charge in [-0.05, 0) is 48.4 Å². The number of halogens is 2. The first-order chi connectivity index (χ1) is 8.61. The minimum Gasteiger partial charge on any atom is -0.271 e. The third-order valence-electron chi connectivity index (χ3n) is 3.92. The fourth-order valence-electron chi connectivity index (χ4n) is 3.02. The maximum absolute atomic E-state index is 6.10. The van der Waals surface area contributed by atoms with Crippen molar-refractivity contribution < 1.29 is 0 Å². The average Bonchev–Trinajstić information content (AvgIpc) is 2.35. The molecule has 0 saturated heterocycles. The van der Waals surface area contributed by atoms with E-state index in [-0.39, 0.29) is 6.04 Å². The molecule has 2 nitrogen and oxygen atoms in total. The molecule has 0 bridgehead atoms. The van der Waals surface area contributed by atoms with Gasteiger partial charge < -0.3 is 0 Å². The second kappa shape index (κ2) is 6.38. The molecule has 0 heterocycles. The number of nitrogens with two attached hydrogens (primary N) is 1. The van der Waals surface area contributed by atoms with Crippen molar-refractivity contribution in [3.63, 3.8) is 0 Å². The van der Waals surface area contributed by atoms with Gasteiger partial charge in [-0.3, -0.25) is 11.3 Å². The zero-order valence-electron chi connectivity index (χ0n) is 10.6. The van der Waals surface area contributed by atoms with Gasteiger partial charge in [-0.25, -0.2) is 0 Å². The van der Waals surface area contributed by atoms with Gasteiger partial charge in [0.1, 0.15) is 0 Å².